The highest BCUT2D eigenvalue weighted by Crippen LogP contribution is 2.31. The third-order valence-corrected chi connectivity index (χ3v) is 4.51. The first-order valence-corrected chi connectivity index (χ1v) is 8.05. The molecule has 2 atom stereocenters. The van der Waals surface area contributed by atoms with Crippen LogP contribution in [0.3, 0.4) is 0 Å². The highest BCUT2D eigenvalue weighted by molar-refractivity contribution is 8.18. The number of hydrogen-bond acceptors (Lipinski definition) is 5. The van der Waals surface area contributed by atoms with Gasteiger partial charge >= 0.3 is 0 Å². The average molecular weight is 318 g/mol. The van der Waals surface area contributed by atoms with Crippen LogP contribution in [0.25, 0.3) is 6.08 Å². The summed E-state index contributed by atoms with van der Waals surface area (Å²) in [5.74, 6) is -0.0445. The van der Waals surface area contributed by atoms with Gasteiger partial charge in [0.15, 0.2) is 5.17 Å². The summed E-state index contributed by atoms with van der Waals surface area (Å²) < 4.78 is 5.71. The summed E-state index contributed by atoms with van der Waals surface area (Å²) in [5, 5.41) is 10.2. The number of benzene rings is 1. The summed E-state index contributed by atoms with van der Waals surface area (Å²) in [5.41, 5.74) is 0.788. The van der Waals surface area contributed by atoms with Crippen molar-refractivity contribution >= 4 is 28.9 Å². The molecule has 0 radical (unpaired) electrons. The first-order valence-electron chi connectivity index (χ1n) is 7.23. The number of hydrogen-bond donors (Lipinski definition) is 1. The molecular formula is C16H18N2O3S. The Morgan fingerprint density at radius 1 is 1.36 bits per heavy atom. The first-order chi connectivity index (χ1) is 10.5. The fraction of sp³-hybridized carbons (Fsp3) is 0.375. The number of aliphatic imine (C=N–C) groups is 1. The number of carbonyl (C=O) groups is 1. The molecule has 2 aliphatic rings. The van der Waals surface area contributed by atoms with Crippen LogP contribution in [-0.4, -0.2) is 46.4 Å². The molecule has 2 unspecified atom stereocenters. The van der Waals surface area contributed by atoms with Crippen molar-refractivity contribution in [1.82, 2.24) is 4.90 Å². The SMILES string of the molecule is CC1CN(C2=NC(=O)/C(=C\c3cccc(O)c3)S2)CC(C)O1. The number of morpholine rings is 1. The van der Waals surface area contributed by atoms with E-state index in [0.717, 1.165) is 23.8 Å². The number of nitrogens with zero attached hydrogens (tertiary/aromatic N) is 2. The summed E-state index contributed by atoms with van der Waals surface area (Å²) >= 11 is 1.38. The number of phenolic OH excluding ortho intramolecular Hbond substituents is 1. The zero-order valence-electron chi connectivity index (χ0n) is 12.5. The van der Waals surface area contributed by atoms with Crippen molar-refractivity contribution in [2.45, 2.75) is 26.1 Å². The molecule has 2 aliphatic heterocycles. The van der Waals surface area contributed by atoms with Gasteiger partial charge in [-0.25, -0.2) is 0 Å². The third-order valence-electron chi connectivity index (χ3n) is 3.47. The summed E-state index contributed by atoms with van der Waals surface area (Å²) in [6, 6.07) is 6.82. The van der Waals surface area contributed by atoms with Crippen LogP contribution in [0.2, 0.25) is 0 Å². The molecule has 1 fully saturated rings. The molecule has 1 amide bonds. The molecule has 116 valence electrons. The van der Waals surface area contributed by atoms with Crippen LogP contribution >= 0.6 is 11.8 Å². The standard InChI is InChI=1S/C16H18N2O3S/c1-10-8-18(9-11(2)21-10)16-17-15(20)14(22-16)7-12-4-3-5-13(19)6-12/h3-7,10-11,19H,8-9H2,1-2H3/b14-7+. The van der Waals surface area contributed by atoms with Crippen LogP contribution in [-0.2, 0) is 9.53 Å². The van der Waals surface area contributed by atoms with Gasteiger partial charge in [0.1, 0.15) is 5.75 Å². The van der Waals surface area contributed by atoms with Crippen LogP contribution in [0.15, 0.2) is 34.2 Å². The van der Waals surface area contributed by atoms with Gasteiger partial charge < -0.3 is 14.7 Å². The van der Waals surface area contributed by atoms with E-state index in [0.29, 0.717) is 4.91 Å². The molecule has 1 N–H and O–H groups in total. The third kappa shape index (κ3) is 3.34. The predicted molar refractivity (Wildman–Crippen MR) is 87.7 cm³/mol. The Labute approximate surface area is 133 Å². The van der Waals surface area contributed by atoms with Crippen molar-refractivity contribution in [3.63, 3.8) is 0 Å². The molecule has 0 saturated carbocycles. The second-order valence-corrected chi connectivity index (χ2v) is 6.58. The van der Waals surface area contributed by atoms with Crippen LogP contribution in [0.5, 0.6) is 5.75 Å². The summed E-state index contributed by atoms with van der Waals surface area (Å²) in [7, 11) is 0. The molecule has 22 heavy (non-hydrogen) atoms. The molecule has 0 aromatic heterocycles. The van der Waals surface area contributed by atoms with Crippen molar-refractivity contribution in [1.29, 1.82) is 0 Å². The van der Waals surface area contributed by atoms with Crippen LogP contribution in [0.4, 0.5) is 0 Å². The number of phenols is 1. The van der Waals surface area contributed by atoms with Crippen LogP contribution < -0.4 is 0 Å². The second kappa shape index (κ2) is 6.14. The largest absolute Gasteiger partial charge is 0.508 e. The summed E-state index contributed by atoms with van der Waals surface area (Å²) in [4.78, 5) is 18.9. The van der Waals surface area contributed by atoms with Crippen molar-refractivity contribution < 1.29 is 14.6 Å². The minimum atomic E-state index is -0.227. The number of thioether (sulfide) groups is 1. The van der Waals surface area contributed by atoms with Crippen molar-refractivity contribution in [3.05, 3.63) is 34.7 Å². The van der Waals surface area contributed by atoms with Gasteiger partial charge in [-0.3, -0.25) is 4.79 Å². The van der Waals surface area contributed by atoms with Gasteiger partial charge in [-0.15, -0.1) is 0 Å². The van der Waals surface area contributed by atoms with E-state index >= 15 is 0 Å². The summed E-state index contributed by atoms with van der Waals surface area (Å²) in [6.45, 7) is 5.52. The van der Waals surface area contributed by atoms with Crippen molar-refractivity contribution in [3.8, 4) is 5.75 Å². The van der Waals surface area contributed by atoms with E-state index in [9.17, 15) is 9.90 Å². The first kappa shape index (κ1) is 15.1. The number of rotatable bonds is 1. The minimum absolute atomic E-state index is 0.126. The van der Waals surface area contributed by atoms with E-state index in [4.69, 9.17) is 4.74 Å². The van der Waals surface area contributed by atoms with Crippen molar-refractivity contribution in [2.75, 3.05) is 13.1 Å². The van der Waals surface area contributed by atoms with Gasteiger partial charge in [-0.1, -0.05) is 12.1 Å². The Kier molecular flexibility index (Phi) is 4.22. The highest BCUT2D eigenvalue weighted by atomic mass is 32.2. The molecule has 3 rings (SSSR count). The maximum absolute atomic E-state index is 12.1. The lowest BCUT2D eigenvalue weighted by Gasteiger charge is -2.35. The Balaban J connectivity index is 1.76. The van der Waals surface area contributed by atoms with Gasteiger partial charge in [0, 0.05) is 13.1 Å². The van der Waals surface area contributed by atoms with Gasteiger partial charge in [-0.2, -0.15) is 4.99 Å². The van der Waals surface area contributed by atoms with Crippen LogP contribution in [0, 0.1) is 0 Å². The molecule has 6 heteroatoms. The van der Waals surface area contributed by atoms with Gasteiger partial charge in [0.25, 0.3) is 5.91 Å². The fourth-order valence-electron chi connectivity index (χ4n) is 2.63. The zero-order chi connectivity index (χ0) is 15.7. The topological polar surface area (TPSA) is 62.1 Å². The molecule has 2 heterocycles. The molecule has 1 aromatic rings. The summed E-state index contributed by atoms with van der Waals surface area (Å²) in [6.07, 6.45) is 2.01. The smallest absolute Gasteiger partial charge is 0.286 e. The number of amidine groups is 1. The molecule has 1 aromatic carbocycles. The van der Waals surface area contributed by atoms with Gasteiger partial charge in [0.05, 0.1) is 17.1 Å². The Morgan fingerprint density at radius 3 is 2.77 bits per heavy atom. The van der Waals surface area contributed by atoms with Crippen molar-refractivity contribution in [2.24, 2.45) is 4.99 Å². The Hall–Kier alpha value is -1.79. The predicted octanol–water partition coefficient (Wildman–Crippen LogP) is 2.47. The maximum atomic E-state index is 12.1. The van der Waals surface area contributed by atoms with Gasteiger partial charge in [0.2, 0.25) is 0 Å². The fourth-order valence-corrected chi connectivity index (χ4v) is 3.56. The minimum Gasteiger partial charge on any atom is -0.508 e. The molecular weight excluding hydrogens is 300 g/mol. The molecule has 0 aliphatic carbocycles. The zero-order valence-corrected chi connectivity index (χ0v) is 13.3. The maximum Gasteiger partial charge on any atom is 0.286 e. The van der Waals surface area contributed by atoms with E-state index in [-0.39, 0.29) is 23.9 Å². The number of aromatic hydroxyl groups is 1. The molecule has 0 bridgehead atoms. The van der Waals surface area contributed by atoms with Crippen LogP contribution in [0.1, 0.15) is 19.4 Å². The number of amides is 1. The molecule has 5 nitrogen and oxygen atoms in total. The average Bonchev–Trinajstić information content (AvgIpc) is 2.79. The monoisotopic (exact) mass is 318 g/mol. The van der Waals surface area contributed by atoms with E-state index in [1.54, 1.807) is 24.3 Å². The Morgan fingerprint density at radius 2 is 2.09 bits per heavy atom. The lowest BCUT2D eigenvalue weighted by Crippen LogP contribution is -2.47. The molecule has 1 saturated heterocycles. The lowest BCUT2D eigenvalue weighted by molar-refractivity contribution is -0.113. The number of carbonyl (C=O) groups excluding carboxylic acids is 1. The number of ether oxygens (including phenoxy) is 1. The van der Waals surface area contributed by atoms with E-state index in [1.807, 2.05) is 19.9 Å². The van der Waals surface area contributed by atoms with E-state index in [1.165, 1.54) is 11.8 Å². The molecule has 0 spiro atoms. The highest BCUT2D eigenvalue weighted by Gasteiger charge is 2.30. The van der Waals surface area contributed by atoms with E-state index < -0.39 is 0 Å². The quantitative estimate of drug-likeness (QED) is 0.806. The van der Waals surface area contributed by atoms with Gasteiger partial charge in [-0.05, 0) is 49.4 Å². The van der Waals surface area contributed by atoms with E-state index in [2.05, 4.69) is 9.89 Å². The second-order valence-electron chi connectivity index (χ2n) is 5.57. The lowest BCUT2D eigenvalue weighted by atomic mass is 10.2. The normalized spacial score (nSPS) is 27.4. The Bertz CT molecular complexity index is 647.